The van der Waals surface area contributed by atoms with Crippen molar-refractivity contribution in [3.8, 4) is 0 Å². The Morgan fingerprint density at radius 3 is 3.05 bits per heavy atom. The van der Waals surface area contributed by atoms with Crippen molar-refractivity contribution in [1.82, 2.24) is 5.32 Å². The molecule has 1 heterocycles. The van der Waals surface area contributed by atoms with Crippen LogP contribution in [0.15, 0.2) is 33.6 Å². The molecule has 0 saturated carbocycles. The second kappa shape index (κ2) is 7.92. The minimum atomic E-state index is 0.107. The molecule has 1 N–H and O–H groups in total. The van der Waals surface area contributed by atoms with Crippen molar-refractivity contribution in [2.45, 2.75) is 30.3 Å². The first kappa shape index (κ1) is 14.9. The van der Waals surface area contributed by atoms with Crippen LogP contribution in [0.2, 0.25) is 0 Å². The van der Waals surface area contributed by atoms with Gasteiger partial charge in [0.2, 0.25) is 5.91 Å². The Kier molecular flexibility index (Phi) is 6.20. The van der Waals surface area contributed by atoms with Gasteiger partial charge in [-0.3, -0.25) is 4.79 Å². The molecule has 1 aliphatic rings. The lowest BCUT2D eigenvalue weighted by Gasteiger charge is -2.10. The first-order valence-electron chi connectivity index (χ1n) is 6.51. The SMILES string of the molecule is O=C(CCSc1ccccc1Br)NC[C@@H]1CCCO1. The number of benzene rings is 1. The van der Waals surface area contributed by atoms with E-state index >= 15 is 0 Å². The number of hydrogen-bond acceptors (Lipinski definition) is 3. The number of amides is 1. The Morgan fingerprint density at radius 1 is 1.47 bits per heavy atom. The molecule has 0 unspecified atom stereocenters. The number of rotatable bonds is 6. The third-order valence-corrected chi connectivity index (χ3v) is 5.00. The van der Waals surface area contributed by atoms with Crippen LogP contribution in [0.4, 0.5) is 0 Å². The number of halogens is 1. The molecule has 1 aromatic carbocycles. The summed E-state index contributed by atoms with van der Waals surface area (Å²) >= 11 is 5.20. The van der Waals surface area contributed by atoms with E-state index in [2.05, 4.69) is 27.3 Å². The van der Waals surface area contributed by atoms with Gasteiger partial charge in [0.15, 0.2) is 0 Å². The van der Waals surface area contributed by atoms with Gasteiger partial charge in [-0.25, -0.2) is 0 Å². The van der Waals surface area contributed by atoms with Crippen LogP contribution in [0.3, 0.4) is 0 Å². The lowest BCUT2D eigenvalue weighted by molar-refractivity contribution is -0.121. The van der Waals surface area contributed by atoms with Gasteiger partial charge in [0.05, 0.1) is 6.10 Å². The summed E-state index contributed by atoms with van der Waals surface area (Å²) in [5.74, 6) is 0.898. The molecule has 0 radical (unpaired) electrons. The van der Waals surface area contributed by atoms with Crippen molar-refractivity contribution in [3.63, 3.8) is 0 Å². The topological polar surface area (TPSA) is 38.3 Å². The standard InChI is InChI=1S/C14H18BrNO2S/c15-12-5-1-2-6-13(12)19-9-7-14(17)16-10-11-4-3-8-18-11/h1-2,5-6,11H,3-4,7-10H2,(H,16,17)/t11-/m0/s1. The van der Waals surface area contributed by atoms with E-state index in [9.17, 15) is 4.79 Å². The molecule has 104 valence electrons. The average Bonchev–Trinajstić information content (AvgIpc) is 2.92. The minimum absolute atomic E-state index is 0.107. The number of nitrogens with one attached hydrogen (secondary N) is 1. The molecule has 2 rings (SSSR count). The second-order valence-corrected chi connectivity index (χ2v) is 6.46. The monoisotopic (exact) mass is 343 g/mol. The molecule has 1 aromatic rings. The summed E-state index contributed by atoms with van der Waals surface area (Å²) in [4.78, 5) is 12.9. The van der Waals surface area contributed by atoms with Crippen molar-refractivity contribution in [2.75, 3.05) is 18.9 Å². The summed E-state index contributed by atoms with van der Waals surface area (Å²) in [5, 5.41) is 2.94. The van der Waals surface area contributed by atoms with E-state index < -0.39 is 0 Å². The fourth-order valence-electron chi connectivity index (χ4n) is 1.94. The van der Waals surface area contributed by atoms with Crippen molar-refractivity contribution >= 4 is 33.6 Å². The fraction of sp³-hybridized carbons (Fsp3) is 0.500. The predicted molar refractivity (Wildman–Crippen MR) is 81.5 cm³/mol. The Bertz CT molecular complexity index is 422. The van der Waals surface area contributed by atoms with E-state index in [1.54, 1.807) is 11.8 Å². The van der Waals surface area contributed by atoms with Crippen LogP contribution < -0.4 is 5.32 Å². The van der Waals surface area contributed by atoms with Gasteiger partial charge >= 0.3 is 0 Å². The van der Waals surface area contributed by atoms with Gasteiger partial charge in [-0.2, -0.15) is 0 Å². The molecule has 1 fully saturated rings. The van der Waals surface area contributed by atoms with Crippen molar-refractivity contribution in [3.05, 3.63) is 28.7 Å². The van der Waals surface area contributed by atoms with Crippen LogP contribution in [0.25, 0.3) is 0 Å². The molecule has 1 amide bonds. The molecule has 1 saturated heterocycles. The highest BCUT2D eigenvalue weighted by Crippen LogP contribution is 2.27. The van der Waals surface area contributed by atoms with Gasteiger partial charge in [-0.15, -0.1) is 11.8 Å². The Hall–Kier alpha value is -0.520. The van der Waals surface area contributed by atoms with E-state index in [1.165, 1.54) is 4.90 Å². The van der Waals surface area contributed by atoms with Crippen molar-refractivity contribution in [1.29, 1.82) is 0 Å². The Morgan fingerprint density at radius 2 is 2.32 bits per heavy atom. The quantitative estimate of drug-likeness (QED) is 0.806. The molecule has 3 nitrogen and oxygen atoms in total. The second-order valence-electron chi connectivity index (χ2n) is 4.47. The summed E-state index contributed by atoms with van der Waals surface area (Å²) < 4.78 is 6.55. The number of carbonyl (C=O) groups excluding carboxylic acids is 1. The molecule has 0 bridgehead atoms. The van der Waals surface area contributed by atoms with Crippen LogP contribution in [0.1, 0.15) is 19.3 Å². The van der Waals surface area contributed by atoms with Gasteiger partial charge in [-0.1, -0.05) is 12.1 Å². The van der Waals surface area contributed by atoms with E-state index in [0.29, 0.717) is 13.0 Å². The number of ether oxygens (including phenoxy) is 1. The fourth-order valence-corrected chi connectivity index (χ4v) is 3.45. The molecule has 0 aliphatic carbocycles. The molecular weight excluding hydrogens is 326 g/mol. The van der Waals surface area contributed by atoms with Crippen LogP contribution in [-0.2, 0) is 9.53 Å². The predicted octanol–water partition coefficient (Wildman–Crippen LogP) is 3.23. The Balaban J connectivity index is 1.62. The van der Waals surface area contributed by atoms with Gasteiger partial charge < -0.3 is 10.1 Å². The lowest BCUT2D eigenvalue weighted by Crippen LogP contribution is -2.31. The Labute approximate surface area is 126 Å². The minimum Gasteiger partial charge on any atom is -0.376 e. The number of hydrogen-bond donors (Lipinski definition) is 1. The van der Waals surface area contributed by atoms with Gasteiger partial charge in [-0.05, 0) is 40.9 Å². The van der Waals surface area contributed by atoms with E-state index in [4.69, 9.17) is 4.74 Å². The lowest BCUT2D eigenvalue weighted by atomic mass is 10.2. The first-order chi connectivity index (χ1) is 9.25. The van der Waals surface area contributed by atoms with E-state index in [1.807, 2.05) is 18.2 Å². The first-order valence-corrected chi connectivity index (χ1v) is 8.29. The summed E-state index contributed by atoms with van der Waals surface area (Å²) in [5.41, 5.74) is 0. The van der Waals surface area contributed by atoms with Crippen molar-refractivity contribution < 1.29 is 9.53 Å². The van der Waals surface area contributed by atoms with E-state index in [-0.39, 0.29) is 12.0 Å². The highest BCUT2D eigenvalue weighted by Gasteiger charge is 2.15. The molecule has 5 heteroatoms. The molecule has 19 heavy (non-hydrogen) atoms. The molecule has 1 aliphatic heterocycles. The molecule has 1 atom stereocenters. The number of carbonyl (C=O) groups is 1. The molecular formula is C14H18BrNO2S. The van der Waals surface area contributed by atoms with Crippen molar-refractivity contribution in [2.24, 2.45) is 0 Å². The third kappa shape index (κ3) is 5.16. The maximum Gasteiger partial charge on any atom is 0.220 e. The van der Waals surface area contributed by atoms with E-state index in [0.717, 1.165) is 29.7 Å². The van der Waals surface area contributed by atoms with Crippen LogP contribution in [0.5, 0.6) is 0 Å². The third-order valence-electron chi connectivity index (χ3n) is 2.97. The summed E-state index contributed by atoms with van der Waals surface area (Å²) in [6.45, 7) is 1.48. The van der Waals surface area contributed by atoms with Gasteiger partial charge in [0.1, 0.15) is 0 Å². The van der Waals surface area contributed by atoms with Gasteiger partial charge in [0, 0.05) is 34.7 Å². The zero-order valence-corrected chi connectivity index (χ0v) is 13.1. The zero-order valence-electron chi connectivity index (χ0n) is 10.7. The number of thioether (sulfide) groups is 1. The average molecular weight is 344 g/mol. The maximum atomic E-state index is 11.7. The normalized spacial score (nSPS) is 18.5. The summed E-state index contributed by atoms with van der Waals surface area (Å²) in [7, 11) is 0. The molecule has 0 spiro atoms. The largest absolute Gasteiger partial charge is 0.376 e. The van der Waals surface area contributed by atoms with Crippen LogP contribution in [0, 0.1) is 0 Å². The zero-order chi connectivity index (χ0) is 13.5. The summed E-state index contributed by atoms with van der Waals surface area (Å²) in [6, 6.07) is 8.06. The van der Waals surface area contributed by atoms with Gasteiger partial charge in [0.25, 0.3) is 0 Å². The highest BCUT2D eigenvalue weighted by atomic mass is 79.9. The molecule has 0 aromatic heterocycles. The highest BCUT2D eigenvalue weighted by molar-refractivity contribution is 9.10. The smallest absolute Gasteiger partial charge is 0.220 e. The van der Waals surface area contributed by atoms with Crippen LogP contribution >= 0.6 is 27.7 Å². The summed E-state index contributed by atoms with van der Waals surface area (Å²) in [6.07, 6.45) is 2.93. The maximum absolute atomic E-state index is 11.7. The van der Waals surface area contributed by atoms with Crippen LogP contribution in [-0.4, -0.2) is 30.9 Å².